The number of rotatable bonds is 11. The van der Waals surface area contributed by atoms with E-state index in [2.05, 4.69) is 0 Å². The van der Waals surface area contributed by atoms with Gasteiger partial charge in [0.05, 0.1) is 13.2 Å². The predicted molar refractivity (Wildman–Crippen MR) is 95.9 cm³/mol. The lowest BCUT2D eigenvalue weighted by molar-refractivity contribution is 0.114. The Morgan fingerprint density at radius 3 is 2.00 bits per heavy atom. The van der Waals surface area contributed by atoms with Gasteiger partial charge in [-0.15, -0.1) is 0 Å². The molecule has 0 radical (unpaired) electrons. The molecule has 1 heterocycles. The van der Waals surface area contributed by atoms with Crippen molar-refractivity contribution in [3.8, 4) is 11.5 Å². The first-order valence-electron chi connectivity index (χ1n) is 8.53. The van der Waals surface area contributed by atoms with Gasteiger partial charge in [0.15, 0.2) is 0 Å². The highest BCUT2D eigenvalue weighted by atomic mass is 28.3. The fourth-order valence-corrected chi connectivity index (χ4v) is 4.16. The van der Waals surface area contributed by atoms with Crippen LogP contribution >= 0.6 is 0 Å². The summed E-state index contributed by atoms with van der Waals surface area (Å²) in [5.41, 5.74) is 0. The zero-order valence-corrected chi connectivity index (χ0v) is 15.0. The molecular formula is C19H24O4Si. The Morgan fingerprint density at radius 1 is 0.875 bits per heavy atom. The van der Waals surface area contributed by atoms with Crippen LogP contribution in [0, 0.1) is 0 Å². The summed E-state index contributed by atoms with van der Waals surface area (Å²) in [7, 11) is -1.83. The number of hydrogen-bond acceptors (Lipinski definition) is 4. The number of para-hydroxylation sites is 2. The largest absolute Gasteiger partial charge is 0.514 e. The zero-order chi connectivity index (χ0) is 16.5. The highest BCUT2D eigenvalue weighted by molar-refractivity contribution is 6.46. The van der Waals surface area contributed by atoms with Gasteiger partial charge in [-0.3, -0.25) is 0 Å². The fourth-order valence-electron chi connectivity index (χ4n) is 2.34. The summed E-state index contributed by atoms with van der Waals surface area (Å²) in [6, 6.07) is 20.8. The second-order valence-corrected chi connectivity index (χ2v) is 7.73. The van der Waals surface area contributed by atoms with Gasteiger partial charge in [0.2, 0.25) is 0 Å². The fraction of sp³-hybridized carbons (Fsp3) is 0.368. The SMILES string of the molecule is c1ccc(O[SiH](CCCCOCC2CO2)Oc2ccccc2)cc1. The van der Waals surface area contributed by atoms with Gasteiger partial charge >= 0.3 is 9.28 Å². The van der Waals surface area contributed by atoms with Crippen LogP contribution in [0.2, 0.25) is 6.04 Å². The average molecular weight is 344 g/mol. The second-order valence-electron chi connectivity index (χ2n) is 5.82. The molecule has 0 saturated carbocycles. The Hall–Kier alpha value is -1.82. The molecule has 0 bridgehead atoms. The molecule has 0 spiro atoms. The number of epoxide rings is 1. The Morgan fingerprint density at radius 2 is 1.46 bits per heavy atom. The van der Waals surface area contributed by atoms with Crippen molar-refractivity contribution >= 4 is 9.28 Å². The van der Waals surface area contributed by atoms with Gasteiger partial charge in [0, 0.05) is 12.7 Å². The Kier molecular flexibility index (Phi) is 6.71. The van der Waals surface area contributed by atoms with Crippen LogP contribution in [0.1, 0.15) is 12.8 Å². The summed E-state index contributed by atoms with van der Waals surface area (Å²) < 4.78 is 23.0. The topological polar surface area (TPSA) is 40.2 Å². The van der Waals surface area contributed by atoms with E-state index in [1.165, 1.54) is 0 Å². The van der Waals surface area contributed by atoms with E-state index in [4.69, 9.17) is 18.3 Å². The lowest BCUT2D eigenvalue weighted by atomic mass is 10.3. The van der Waals surface area contributed by atoms with Gasteiger partial charge in [0.1, 0.15) is 17.6 Å². The maximum absolute atomic E-state index is 6.13. The van der Waals surface area contributed by atoms with Crippen molar-refractivity contribution in [2.45, 2.75) is 25.0 Å². The van der Waals surface area contributed by atoms with Crippen LogP contribution in [0.25, 0.3) is 0 Å². The molecule has 5 heteroatoms. The molecule has 1 aliphatic heterocycles. The lowest BCUT2D eigenvalue weighted by Crippen LogP contribution is -2.29. The van der Waals surface area contributed by atoms with Gasteiger partial charge in [-0.2, -0.15) is 0 Å². The zero-order valence-electron chi connectivity index (χ0n) is 13.8. The standard InChI is InChI=1S/C19H24O4Si/c1-3-9-17(10-4-1)22-24(23-18-11-5-2-6-12-18)14-8-7-13-20-15-19-16-21-19/h1-6,9-12,19,24H,7-8,13-16H2. The summed E-state index contributed by atoms with van der Waals surface area (Å²) in [5, 5.41) is 0. The molecule has 0 aliphatic carbocycles. The van der Waals surface area contributed by atoms with Crippen LogP contribution in [0.4, 0.5) is 0 Å². The number of unbranched alkanes of at least 4 members (excludes halogenated alkanes) is 1. The monoisotopic (exact) mass is 344 g/mol. The quantitative estimate of drug-likeness (QED) is 0.355. The van der Waals surface area contributed by atoms with Gasteiger partial charge < -0.3 is 18.3 Å². The number of benzene rings is 2. The summed E-state index contributed by atoms with van der Waals surface area (Å²) in [4.78, 5) is 0. The first-order valence-corrected chi connectivity index (χ1v) is 10.3. The Labute approximate surface area is 145 Å². The minimum absolute atomic E-state index is 0.343. The molecular weight excluding hydrogens is 320 g/mol. The van der Waals surface area contributed by atoms with E-state index in [1.807, 2.05) is 60.7 Å². The lowest BCUT2D eigenvalue weighted by Gasteiger charge is -2.19. The van der Waals surface area contributed by atoms with Crippen LogP contribution in [0.3, 0.4) is 0 Å². The molecule has 2 aromatic rings. The minimum atomic E-state index is -1.83. The van der Waals surface area contributed by atoms with Gasteiger partial charge in [-0.1, -0.05) is 36.4 Å². The number of ether oxygens (including phenoxy) is 2. The van der Waals surface area contributed by atoms with Crippen molar-refractivity contribution in [3.05, 3.63) is 60.7 Å². The molecule has 1 aliphatic rings. The second kappa shape index (κ2) is 9.47. The van der Waals surface area contributed by atoms with Crippen molar-refractivity contribution in [2.75, 3.05) is 19.8 Å². The van der Waals surface area contributed by atoms with Crippen LogP contribution in [-0.4, -0.2) is 35.2 Å². The van der Waals surface area contributed by atoms with Crippen molar-refractivity contribution in [1.29, 1.82) is 0 Å². The van der Waals surface area contributed by atoms with E-state index >= 15 is 0 Å². The van der Waals surface area contributed by atoms with Gasteiger partial charge in [0.25, 0.3) is 0 Å². The van der Waals surface area contributed by atoms with Gasteiger partial charge in [-0.05, 0) is 37.1 Å². The highest BCUT2D eigenvalue weighted by Gasteiger charge is 2.22. The third-order valence-electron chi connectivity index (χ3n) is 3.71. The smallest absolute Gasteiger partial charge is 0.444 e. The van der Waals surface area contributed by atoms with Crippen molar-refractivity contribution < 1.29 is 18.3 Å². The summed E-state index contributed by atoms with van der Waals surface area (Å²) in [6.45, 7) is 2.35. The van der Waals surface area contributed by atoms with E-state index in [9.17, 15) is 0 Å². The molecule has 2 aromatic carbocycles. The van der Waals surface area contributed by atoms with Crippen LogP contribution in [0.15, 0.2) is 60.7 Å². The molecule has 4 nitrogen and oxygen atoms in total. The Bertz CT molecular complexity index is 533. The normalized spacial score (nSPS) is 16.1. The third-order valence-corrected chi connectivity index (χ3v) is 5.66. The summed E-state index contributed by atoms with van der Waals surface area (Å²) in [6.07, 6.45) is 2.41. The van der Waals surface area contributed by atoms with Crippen LogP contribution in [0.5, 0.6) is 11.5 Å². The minimum Gasteiger partial charge on any atom is -0.514 e. The van der Waals surface area contributed by atoms with Crippen molar-refractivity contribution in [2.24, 2.45) is 0 Å². The first kappa shape index (κ1) is 17.0. The molecule has 3 rings (SSSR count). The maximum atomic E-state index is 6.13. The molecule has 128 valence electrons. The Balaban J connectivity index is 1.45. The molecule has 0 amide bonds. The van der Waals surface area contributed by atoms with E-state index in [-0.39, 0.29) is 0 Å². The molecule has 1 unspecified atom stereocenters. The molecule has 1 atom stereocenters. The third kappa shape index (κ3) is 6.35. The summed E-state index contributed by atoms with van der Waals surface area (Å²) >= 11 is 0. The molecule has 24 heavy (non-hydrogen) atoms. The summed E-state index contributed by atoms with van der Waals surface area (Å²) in [5.74, 6) is 1.76. The predicted octanol–water partition coefficient (Wildman–Crippen LogP) is 3.56. The van der Waals surface area contributed by atoms with Gasteiger partial charge in [-0.25, -0.2) is 0 Å². The van der Waals surface area contributed by atoms with E-state index in [0.29, 0.717) is 6.10 Å². The maximum Gasteiger partial charge on any atom is 0.444 e. The van der Waals surface area contributed by atoms with E-state index in [0.717, 1.165) is 50.2 Å². The van der Waals surface area contributed by atoms with Crippen molar-refractivity contribution in [3.63, 3.8) is 0 Å². The first-order chi connectivity index (χ1) is 11.9. The average Bonchev–Trinajstić information content (AvgIpc) is 3.44. The van der Waals surface area contributed by atoms with E-state index < -0.39 is 9.28 Å². The van der Waals surface area contributed by atoms with E-state index in [1.54, 1.807) is 0 Å². The van der Waals surface area contributed by atoms with Crippen LogP contribution < -0.4 is 8.85 Å². The molecule has 1 saturated heterocycles. The molecule has 1 fully saturated rings. The highest BCUT2D eigenvalue weighted by Crippen LogP contribution is 2.17. The number of hydrogen-bond donors (Lipinski definition) is 0. The van der Waals surface area contributed by atoms with Crippen molar-refractivity contribution in [1.82, 2.24) is 0 Å². The van der Waals surface area contributed by atoms with Crippen LogP contribution in [-0.2, 0) is 9.47 Å². The molecule has 0 N–H and O–H groups in total. The molecule has 0 aromatic heterocycles.